The van der Waals surface area contributed by atoms with E-state index in [1.54, 1.807) is 54.6 Å². The number of hydrogen-bond donors (Lipinski definition) is 2. The van der Waals surface area contributed by atoms with Gasteiger partial charge in [0.2, 0.25) is 11.8 Å². The molecule has 9 nitrogen and oxygen atoms in total. The van der Waals surface area contributed by atoms with Gasteiger partial charge in [-0.15, -0.1) is 6.58 Å². The number of rotatable bonds is 10. The number of carbonyl (C=O) groups excluding carboxylic acids is 1. The molecule has 0 spiro atoms. The molecule has 1 aliphatic rings. The molecule has 2 aromatic rings. The van der Waals surface area contributed by atoms with Crippen LogP contribution in [0, 0.1) is 0 Å². The number of amides is 1. The van der Waals surface area contributed by atoms with Crippen molar-refractivity contribution >= 4 is 17.5 Å². The standard InChI is InChI=1S/C22H23N5O4/c1-2-12-22(21(23)29)19(17-6-3-4-7-18(17)26-27-24)31-20(25-22)15-8-10-16(11-9-15)30-14-5-13-28/h2-4,6-11,19,28H,1,5,12-14H2,(H2,23,29)/t19-,22-/m1/s1. The lowest BCUT2D eigenvalue weighted by Gasteiger charge is -2.28. The number of primary amides is 1. The van der Waals surface area contributed by atoms with Crippen LogP contribution in [0.2, 0.25) is 0 Å². The largest absolute Gasteiger partial charge is 0.494 e. The number of aliphatic imine (C=N–C) groups is 1. The fourth-order valence-electron chi connectivity index (χ4n) is 3.38. The van der Waals surface area contributed by atoms with Crippen LogP contribution in [-0.4, -0.2) is 35.7 Å². The summed E-state index contributed by atoms with van der Waals surface area (Å²) < 4.78 is 11.7. The highest BCUT2D eigenvalue weighted by molar-refractivity contribution is 6.00. The molecule has 0 unspecified atom stereocenters. The molecule has 0 radical (unpaired) electrons. The molecule has 0 fully saturated rings. The number of ether oxygens (including phenoxy) is 2. The van der Waals surface area contributed by atoms with Crippen LogP contribution in [0.5, 0.6) is 5.75 Å². The molecule has 0 aliphatic carbocycles. The van der Waals surface area contributed by atoms with E-state index in [1.165, 1.54) is 0 Å². The molecule has 160 valence electrons. The molecule has 9 heteroatoms. The third-order valence-electron chi connectivity index (χ3n) is 4.89. The van der Waals surface area contributed by atoms with Gasteiger partial charge in [0, 0.05) is 41.2 Å². The van der Waals surface area contributed by atoms with Gasteiger partial charge in [-0.1, -0.05) is 35.5 Å². The third kappa shape index (κ3) is 4.53. The molecule has 0 saturated heterocycles. The molecule has 3 N–H and O–H groups in total. The predicted molar refractivity (Wildman–Crippen MR) is 116 cm³/mol. The van der Waals surface area contributed by atoms with E-state index in [9.17, 15) is 4.79 Å². The second kappa shape index (κ2) is 9.80. The molecule has 1 aliphatic heterocycles. The summed E-state index contributed by atoms with van der Waals surface area (Å²) in [6.07, 6.45) is 1.35. The van der Waals surface area contributed by atoms with Crippen molar-refractivity contribution in [2.75, 3.05) is 13.2 Å². The minimum absolute atomic E-state index is 0.0555. The smallest absolute Gasteiger partial charge is 0.250 e. The van der Waals surface area contributed by atoms with Crippen LogP contribution in [0.3, 0.4) is 0 Å². The van der Waals surface area contributed by atoms with Crippen LogP contribution in [-0.2, 0) is 9.53 Å². The summed E-state index contributed by atoms with van der Waals surface area (Å²) in [5.74, 6) is 0.198. The Kier molecular flexibility index (Phi) is 6.92. The van der Waals surface area contributed by atoms with Gasteiger partial charge in [-0.2, -0.15) is 0 Å². The minimum Gasteiger partial charge on any atom is -0.494 e. The van der Waals surface area contributed by atoms with Gasteiger partial charge in [-0.25, -0.2) is 4.99 Å². The van der Waals surface area contributed by atoms with Gasteiger partial charge in [0.05, 0.1) is 6.61 Å². The Morgan fingerprint density at radius 3 is 2.74 bits per heavy atom. The molecule has 31 heavy (non-hydrogen) atoms. The molecule has 3 rings (SSSR count). The maximum absolute atomic E-state index is 12.6. The van der Waals surface area contributed by atoms with E-state index in [4.69, 9.17) is 25.8 Å². The average molecular weight is 421 g/mol. The second-order valence-corrected chi connectivity index (χ2v) is 6.89. The number of nitrogens with zero attached hydrogens (tertiary/aromatic N) is 4. The Bertz CT molecular complexity index is 1030. The molecule has 0 aromatic heterocycles. The summed E-state index contributed by atoms with van der Waals surface area (Å²) in [5.41, 5.74) is 14.7. The quantitative estimate of drug-likeness (QED) is 0.198. The van der Waals surface area contributed by atoms with Crippen LogP contribution < -0.4 is 10.5 Å². The van der Waals surface area contributed by atoms with Gasteiger partial charge < -0.3 is 20.3 Å². The SMILES string of the molecule is C=CC[C@@]1(C(N)=O)N=C(c2ccc(OCCCO)cc2)O[C@@H]1c1ccccc1N=[N+]=[N-]. The summed E-state index contributed by atoms with van der Waals surface area (Å²) in [4.78, 5) is 20.0. The van der Waals surface area contributed by atoms with Crippen molar-refractivity contribution in [1.82, 2.24) is 0 Å². The van der Waals surface area contributed by atoms with Crippen molar-refractivity contribution in [3.05, 3.63) is 82.8 Å². The number of carbonyl (C=O) groups is 1. The number of aliphatic hydroxyl groups excluding tert-OH is 1. The van der Waals surface area contributed by atoms with E-state index in [-0.39, 0.29) is 18.9 Å². The maximum atomic E-state index is 12.6. The fourth-order valence-corrected chi connectivity index (χ4v) is 3.38. The molecule has 0 saturated carbocycles. The van der Waals surface area contributed by atoms with E-state index in [2.05, 4.69) is 21.6 Å². The lowest BCUT2D eigenvalue weighted by molar-refractivity contribution is -0.125. The number of aliphatic hydroxyl groups is 1. The van der Waals surface area contributed by atoms with Crippen LogP contribution in [0.25, 0.3) is 10.4 Å². The van der Waals surface area contributed by atoms with Gasteiger partial charge >= 0.3 is 0 Å². The summed E-state index contributed by atoms with van der Waals surface area (Å²) >= 11 is 0. The van der Waals surface area contributed by atoms with Crippen molar-refractivity contribution in [3.63, 3.8) is 0 Å². The van der Waals surface area contributed by atoms with Gasteiger partial charge in [-0.3, -0.25) is 4.79 Å². The van der Waals surface area contributed by atoms with E-state index in [0.29, 0.717) is 35.6 Å². The third-order valence-corrected chi connectivity index (χ3v) is 4.89. The lowest BCUT2D eigenvalue weighted by Crippen LogP contribution is -2.45. The highest BCUT2D eigenvalue weighted by Gasteiger charge is 2.51. The summed E-state index contributed by atoms with van der Waals surface area (Å²) in [5, 5.41) is 12.6. The average Bonchev–Trinajstić information content (AvgIpc) is 3.16. The first kappa shape index (κ1) is 21.9. The molecular formula is C22H23N5O4. The summed E-state index contributed by atoms with van der Waals surface area (Å²) in [6, 6.07) is 13.8. The van der Waals surface area contributed by atoms with Gasteiger partial charge in [0.1, 0.15) is 5.75 Å². The number of benzene rings is 2. The Morgan fingerprint density at radius 1 is 1.35 bits per heavy atom. The molecule has 1 amide bonds. The number of nitrogens with two attached hydrogens (primary N) is 1. The topological polar surface area (TPSA) is 143 Å². The van der Waals surface area contributed by atoms with Gasteiger partial charge in [0.15, 0.2) is 11.6 Å². The fraction of sp³-hybridized carbons (Fsp3) is 0.273. The Morgan fingerprint density at radius 2 is 2.10 bits per heavy atom. The first-order chi connectivity index (χ1) is 15.1. The normalized spacial score (nSPS) is 19.6. The van der Waals surface area contributed by atoms with Crippen molar-refractivity contribution in [3.8, 4) is 5.75 Å². The minimum atomic E-state index is -1.44. The van der Waals surface area contributed by atoms with E-state index >= 15 is 0 Å². The van der Waals surface area contributed by atoms with Crippen LogP contribution in [0.1, 0.15) is 30.1 Å². The van der Waals surface area contributed by atoms with Gasteiger partial charge in [0.25, 0.3) is 0 Å². The number of hydrogen-bond acceptors (Lipinski definition) is 6. The second-order valence-electron chi connectivity index (χ2n) is 6.89. The zero-order chi connectivity index (χ0) is 22.3. The first-order valence-electron chi connectivity index (χ1n) is 9.71. The Balaban J connectivity index is 2.00. The highest BCUT2D eigenvalue weighted by Crippen LogP contribution is 2.45. The van der Waals surface area contributed by atoms with E-state index in [0.717, 1.165) is 0 Å². The Hall–Kier alpha value is -3.81. The van der Waals surface area contributed by atoms with Crippen molar-refractivity contribution in [2.45, 2.75) is 24.5 Å². The molecule has 1 heterocycles. The zero-order valence-electron chi connectivity index (χ0n) is 16.8. The van der Waals surface area contributed by atoms with Gasteiger partial charge in [-0.05, 0) is 29.8 Å². The number of azide groups is 1. The van der Waals surface area contributed by atoms with E-state index in [1.807, 2.05) is 0 Å². The summed E-state index contributed by atoms with van der Waals surface area (Å²) in [6.45, 7) is 4.19. The van der Waals surface area contributed by atoms with Crippen molar-refractivity contribution < 1.29 is 19.4 Å². The maximum Gasteiger partial charge on any atom is 0.250 e. The summed E-state index contributed by atoms with van der Waals surface area (Å²) in [7, 11) is 0. The molecule has 0 bridgehead atoms. The van der Waals surface area contributed by atoms with Crippen molar-refractivity contribution in [2.24, 2.45) is 15.8 Å². The molecule has 2 atom stereocenters. The monoisotopic (exact) mass is 421 g/mol. The van der Waals surface area contributed by atoms with Crippen LogP contribution >= 0.6 is 0 Å². The molecule has 2 aromatic carbocycles. The predicted octanol–water partition coefficient (Wildman–Crippen LogP) is 3.71. The molecular weight excluding hydrogens is 398 g/mol. The van der Waals surface area contributed by atoms with E-state index < -0.39 is 17.6 Å². The zero-order valence-corrected chi connectivity index (χ0v) is 16.8. The Labute approximate surface area is 179 Å². The van der Waals surface area contributed by atoms with Crippen LogP contribution in [0.15, 0.2) is 71.3 Å². The van der Waals surface area contributed by atoms with Crippen LogP contribution in [0.4, 0.5) is 5.69 Å². The lowest BCUT2D eigenvalue weighted by atomic mass is 9.84. The first-order valence-corrected chi connectivity index (χ1v) is 9.71. The highest BCUT2D eigenvalue weighted by atomic mass is 16.5. The van der Waals surface area contributed by atoms with Crippen molar-refractivity contribution in [1.29, 1.82) is 0 Å².